The van der Waals surface area contributed by atoms with Gasteiger partial charge in [-0.3, -0.25) is 0 Å². The molecule has 6 atom stereocenters. The topological polar surface area (TPSA) is 79.2 Å². The van der Waals surface area contributed by atoms with Crippen LogP contribution < -0.4 is 4.74 Å². The standard InChI is InChI=1S/C23H36O5/c1-2-3-4-5-6-10-17-18(21(26)14-20(17)25)12-13-19(24)23-27-15-16-9-7-8-11-22(16)28-23/h7-9,11,17-21,23-26H,2-6,10,12-15H2,1H3/t17-,18-,19-,20+,21-,23-/m1/s1. The quantitative estimate of drug-likeness (QED) is 0.528. The van der Waals surface area contributed by atoms with E-state index < -0.39 is 24.6 Å². The molecule has 1 fully saturated rings. The van der Waals surface area contributed by atoms with Crippen molar-refractivity contribution < 1.29 is 24.8 Å². The number of aliphatic hydroxyl groups is 3. The summed E-state index contributed by atoms with van der Waals surface area (Å²) in [6, 6.07) is 7.70. The summed E-state index contributed by atoms with van der Waals surface area (Å²) in [5.74, 6) is 0.920. The Morgan fingerprint density at radius 3 is 2.50 bits per heavy atom. The minimum Gasteiger partial charge on any atom is -0.462 e. The SMILES string of the molecule is CCCCCCC[C@@H]1[C@@H](CC[C@@H](O)[C@@H]2OCc3ccccc3O2)[C@H](O)C[C@@H]1O. The van der Waals surface area contributed by atoms with E-state index in [1.54, 1.807) is 0 Å². The summed E-state index contributed by atoms with van der Waals surface area (Å²) in [4.78, 5) is 0. The molecular formula is C23H36O5. The highest BCUT2D eigenvalue weighted by Crippen LogP contribution is 2.39. The lowest BCUT2D eigenvalue weighted by molar-refractivity contribution is -0.168. The Hall–Kier alpha value is -1.14. The molecule has 0 aromatic heterocycles. The first kappa shape index (κ1) is 21.6. The van der Waals surface area contributed by atoms with Crippen molar-refractivity contribution >= 4 is 0 Å². The van der Waals surface area contributed by atoms with Gasteiger partial charge in [0.1, 0.15) is 11.9 Å². The molecule has 1 heterocycles. The number of para-hydroxylation sites is 1. The summed E-state index contributed by atoms with van der Waals surface area (Å²) in [5, 5.41) is 31.4. The number of ether oxygens (including phenoxy) is 2. The first-order valence-corrected chi connectivity index (χ1v) is 11.0. The normalized spacial score (nSPS) is 30.6. The fourth-order valence-electron chi connectivity index (χ4n) is 4.72. The maximum absolute atomic E-state index is 10.6. The third-order valence-electron chi connectivity index (χ3n) is 6.39. The highest BCUT2D eigenvalue weighted by Gasteiger charge is 2.41. The molecule has 3 rings (SSSR count). The second kappa shape index (κ2) is 10.6. The summed E-state index contributed by atoms with van der Waals surface area (Å²) < 4.78 is 11.5. The Labute approximate surface area is 168 Å². The molecule has 1 aliphatic carbocycles. The fraction of sp³-hybridized carbons (Fsp3) is 0.739. The number of fused-ring (bicyclic) bond motifs is 1. The highest BCUT2D eigenvalue weighted by molar-refractivity contribution is 5.33. The van der Waals surface area contributed by atoms with Crippen LogP contribution in [0, 0.1) is 11.8 Å². The van der Waals surface area contributed by atoms with Gasteiger partial charge in [-0.1, -0.05) is 57.2 Å². The summed E-state index contributed by atoms with van der Waals surface area (Å²) in [6.07, 6.45) is 6.22. The Bertz CT molecular complexity index is 592. The van der Waals surface area contributed by atoms with E-state index >= 15 is 0 Å². The van der Waals surface area contributed by atoms with E-state index in [4.69, 9.17) is 9.47 Å². The van der Waals surface area contributed by atoms with Crippen LogP contribution in [0.15, 0.2) is 24.3 Å². The molecule has 0 saturated heterocycles. The second-order valence-corrected chi connectivity index (χ2v) is 8.45. The van der Waals surface area contributed by atoms with Crippen molar-refractivity contribution in [3.05, 3.63) is 29.8 Å². The predicted octanol–water partition coefficient (Wildman–Crippen LogP) is 3.78. The van der Waals surface area contributed by atoms with Crippen LogP contribution in [0.3, 0.4) is 0 Å². The van der Waals surface area contributed by atoms with Gasteiger partial charge in [0.15, 0.2) is 0 Å². The number of unbranched alkanes of at least 4 members (excludes halogenated alkanes) is 4. The average molecular weight is 393 g/mol. The minimum atomic E-state index is -0.747. The molecular weight excluding hydrogens is 356 g/mol. The first-order valence-electron chi connectivity index (χ1n) is 11.0. The molecule has 0 amide bonds. The molecule has 1 aromatic rings. The zero-order valence-electron chi connectivity index (χ0n) is 17.0. The summed E-state index contributed by atoms with van der Waals surface area (Å²) in [6.45, 7) is 2.64. The number of aliphatic hydroxyl groups excluding tert-OH is 3. The molecule has 3 N–H and O–H groups in total. The van der Waals surface area contributed by atoms with Gasteiger partial charge in [-0.05, 0) is 43.6 Å². The van der Waals surface area contributed by atoms with Crippen molar-refractivity contribution in [3.8, 4) is 5.75 Å². The van der Waals surface area contributed by atoms with Gasteiger partial charge in [0.2, 0.25) is 6.29 Å². The van der Waals surface area contributed by atoms with Crippen molar-refractivity contribution in [2.24, 2.45) is 11.8 Å². The van der Waals surface area contributed by atoms with Crippen LogP contribution in [0.25, 0.3) is 0 Å². The average Bonchev–Trinajstić information content (AvgIpc) is 2.98. The van der Waals surface area contributed by atoms with Gasteiger partial charge in [0, 0.05) is 5.56 Å². The molecule has 1 aliphatic heterocycles. The Morgan fingerprint density at radius 1 is 1.00 bits per heavy atom. The van der Waals surface area contributed by atoms with Crippen molar-refractivity contribution in [2.75, 3.05) is 0 Å². The van der Waals surface area contributed by atoms with Crippen molar-refractivity contribution in [1.29, 1.82) is 0 Å². The molecule has 0 spiro atoms. The van der Waals surface area contributed by atoms with Crippen LogP contribution in [-0.2, 0) is 11.3 Å². The zero-order valence-corrected chi connectivity index (χ0v) is 17.0. The maximum atomic E-state index is 10.6. The fourth-order valence-corrected chi connectivity index (χ4v) is 4.72. The van der Waals surface area contributed by atoms with Gasteiger partial charge in [-0.25, -0.2) is 0 Å². The molecule has 0 unspecified atom stereocenters. The number of hydrogen-bond acceptors (Lipinski definition) is 5. The van der Waals surface area contributed by atoms with Gasteiger partial charge in [0.25, 0.3) is 0 Å². The largest absolute Gasteiger partial charge is 0.462 e. The molecule has 5 nitrogen and oxygen atoms in total. The number of benzene rings is 1. The lowest BCUT2D eigenvalue weighted by atomic mass is 9.85. The highest BCUT2D eigenvalue weighted by atomic mass is 16.7. The lowest BCUT2D eigenvalue weighted by Gasteiger charge is -2.31. The van der Waals surface area contributed by atoms with E-state index in [9.17, 15) is 15.3 Å². The smallest absolute Gasteiger partial charge is 0.226 e. The van der Waals surface area contributed by atoms with Crippen molar-refractivity contribution in [1.82, 2.24) is 0 Å². The molecule has 2 aliphatic rings. The minimum absolute atomic E-state index is 0.0340. The van der Waals surface area contributed by atoms with E-state index in [0.717, 1.165) is 24.2 Å². The molecule has 1 aromatic carbocycles. The van der Waals surface area contributed by atoms with Crippen LogP contribution in [0.2, 0.25) is 0 Å². The molecule has 0 radical (unpaired) electrons. The van der Waals surface area contributed by atoms with Gasteiger partial charge in [0.05, 0.1) is 18.8 Å². The van der Waals surface area contributed by atoms with Crippen molar-refractivity contribution in [2.45, 2.75) is 95.9 Å². The molecule has 0 bridgehead atoms. The second-order valence-electron chi connectivity index (χ2n) is 8.45. The molecule has 28 heavy (non-hydrogen) atoms. The van der Waals surface area contributed by atoms with E-state index in [1.807, 2.05) is 24.3 Å². The van der Waals surface area contributed by atoms with Crippen LogP contribution in [0.1, 0.15) is 70.3 Å². The van der Waals surface area contributed by atoms with E-state index in [-0.39, 0.29) is 11.8 Å². The summed E-state index contributed by atoms with van der Waals surface area (Å²) in [5.41, 5.74) is 0.989. The van der Waals surface area contributed by atoms with Gasteiger partial charge in [-0.15, -0.1) is 0 Å². The lowest BCUT2D eigenvalue weighted by Crippen LogP contribution is -2.37. The van der Waals surface area contributed by atoms with Crippen LogP contribution in [0.5, 0.6) is 5.75 Å². The van der Waals surface area contributed by atoms with E-state index in [0.29, 0.717) is 25.9 Å². The van der Waals surface area contributed by atoms with Gasteiger partial charge < -0.3 is 24.8 Å². The Kier molecular flexibility index (Phi) is 8.15. The summed E-state index contributed by atoms with van der Waals surface area (Å²) >= 11 is 0. The number of rotatable bonds is 10. The van der Waals surface area contributed by atoms with E-state index in [2.05, 4.69) is 6.92 Å². The Balaban J connectivity index is 1.47. The first-order chi connectivity index (χ1) is 13.6. The molecule has 158 valence electrons. The Morgan fingerprint density at radius 2 is 1.71 bits per heavy atom. The maximum Gasteiger partial charge on any atom is 0.226 e. The summed E-state index contributed by atoms with van der Waals surface area (Å²) in [7, 11) is 0. The van der Waals surface area contributed by atoms with Crippen LogP contribution in [-0.4, -0.2) is 39.9 Å². The van der Waals surface area contributed by atoms with Crippen LogP contribution in [0.4, 0.5) is 0 Å². The zero-order chi connectivity index (χ0) is 19.9. The third-order valence-corrected chi connectivity index (χ3v) is 6.39. The monoisotopic (exact) mass is 392 g/mol. The van der Waals surface area contributed by atoms with Gasteiger partial charge in [-0.2, -0.15) is 0 Å². The van der Waals surface area contributed by atoms with Crippen molar-refractivity contribution in [3.63, 3.8) is 0 Å². The van der Waals surface area contributed by atoms with E-state index in [1.165, 1.54) is 25.7 Å². The van der Waals surface area contributed by atoms with Gasteiger partial charge >= 0.3 is 0 Å². The van der Waals surface area contributed by atoms with Crippen LogP contribution >= 0.6 is 0 Å². The number of hydrogen-bond donors (Lipinski definition) is 3. The molecule has 1 saturated carbocycles. The third kappa shape index (κ3) is 5.47. The predicted molar refractivity (Wildman–Crippen MR) is 108 cm³/mol. The molecule has 5 heteroatoms.